The average molecular weight is 300 g/mol. The summed E-state index contributed by atoms with van der Waals surface area (Å²) in [6.07, 6.45) is 0.923. The Balaban J connectivity index is 2.03. The van der Waals surface area contributed by atoms with Crippen molar-refractivity contribution in [3.05, 3.63) is 47.3 Å². The Morgan fingerprint density at radius 3 is 2.55 bits per heavy atom. The van der Waals surface area contributed by atoms with Gasteiger partial charge in [0.2, 0.25) is 5.91 Å². The summed E-state index contributed by atoms with van der Waals surface area (Å²) in [5, 5.41) is 7.11. The molecule has 116 valence electrons. The van der Waals surface area contributed by atoms with Crippen LogP contribution < -0.4 is 11.1 Å². The minimum Gasteiger partial charge on any atom is -0.370 e. The van der Waals surface area contributed by atoms with E-state index in [1.54, 1.807) is 10.7 Å². The molecule has 6 nitrogen and oxygen atoms in total. The lowest BCUT2D eigenvalue weighted by molar-refractivity contribution is -0.117. The number of nitrogens with one attached hydrogen (secondary N) is 1. The van der Waals surface area contributed by atoms with Crippen molar-refractivity contribution < 1.29 is 9.59 Å². The van der Waals surface area contributed by atoms with Crippen LogP contribution in [0.15, 0.2) is 30.3 Å². The number of nitrogens with zero attached hydrogens (tertiary/aromatic N) is 2. The number of primary amides is 1. The van der Waals surface area contributed by atoms with Crippen LogP contribution in [0.5, 0.6) is 0 Å². The van der Waals surface area contributed by atoms with Gasteiger partial charge in [0.05, 0.1) is 5.69 Å². The smallest absolute Gasteiger partial charge is 0.273 e. The molecule has 2 aromatic rings. The fraction of sp³-hybridized carbons (Fsp3) is 0.312. The molecular formula is C16H20N4O2. The van der Waals surface area contributed by atoms with Crippen molar-refractivity contribution in [3.8, 4) is 0 Å². The van der Waals surface area contributed by atoms with E-state index in [0.29, 0.717) is 30.8 Å². The first-order valence-electron chi connectivity index (χ1n) is 7.22. The Morgan fingerprint density at radius 2 is 1.95 bits per heavy atom. The van der Waals surface area contributed by atoms with E-state index in [2.05, 4.69) is 10.4 Å². The van der Waals surface area contributed by atoms with Crippen LogP contribution in [0.3, 0.4) is 0 Å². The molecule has 1 aromatic carbocycles. The standard InChI is InChI=1S/C16H20N4O2/c1-3-20-14(10-11(2)19-20)16(22)18-13-7-4-12(5-8-13)6-9-15(17)21/h4-5,7-8,10H,3,6,9H2,1-2H3,(H2,17,21)(H,18,22). The van der Waals surface area contributed by atoms with E-state index in [4.69, 9.17) is 5.73 Å². The minimum absolute atomic E-state index is 0.188. The van der Waals surface area contributed by atoms with Crippen LogP contribution >= 0.6 is 0 Å². The van der Waals surface area contributed by atoms with Crippen LogP contribution in [0.4, 0.5) is 5.69 Å². The highest BCUT2D eigenvalue weighted by Crippen LogP contribution is 2.13. The zero-order valence-electron chi connectivity index (χ0n) is 12.8. The normalized spacial score (nSPS) is 10.5. The highest BCUT2D eigenvalue weighted by molar-refractivity contribution is 6.03. The number of nitrogens with two attached hydrogens (primary N) is 1. The van der Waals surface area contributed by atoms with Gasteiger partial charge in [-0.05, 0) is 44.0 Å². The van der Waals surface area contributed by atoms with E-state index < -0.39 is 0 Å². The maximum atomic E-state index is 12.3. The summed E-state index contributed by atoms with van der Waals surface area (Å²) in [6, 6.07) is 9.14. The van der Waals surface area contributed by atoms with E-state index in [-0.39, 0.29) is 11.8 Å². The monoisotopic (exact) mass is 300 g/mol. The van der Waals surface area contributed by atoms with E-state index >= 15 is 0 Å². The molecule has 2 rings (SSSR count). The highest BCUT2D eigenvalue weighted by atomic mass is 16.2. The first-order chi connectivity index (χ1) is 10.5. The summed E-state index contributed by atoms with van der Waals surface area (Å²) < 4.78 is 1.67. The number of amides is 2. The quantitative estimate of drug-likeness (QED) is 0.853. The maximum absolute atomic E-state index is 12.3. The molecule has 1 aromatic heterocycles. The van der Waals surface area contributed by atoms with Crippen molar-refractivity contribution in [3.63, 3.8) is 0 Å². The molecule has 0 saturated carbocycles. The van der Waals surface area contributed by atoms with Gasteiger partial charge in [-0.15, -0.1) is 0 Å². The first kappa shape index (κ1) is 15.8. The second-order valence-electron chi connectivity index (χ2n) is 5.10. The summed E-state index contributed by atoms with van der Waals surface area (Å²) >= 11 is 0. The van der Waals surface area contributed by atoms with Crippen LogP contribution in [0.25, 0.3) is 0 Å². The summed E-state index contributed by atoms with van der Waals surface area (Å²) in [7, 11) is 0. The SMILES string of the molecule is CCn1nc(C)cc1C(=O)Nc1ccc(CCC(N)=O)cc1. The third-order valence-electron chi connectivity index (χ3n) is 3.31. The Kier molecular flexibility index (Phi) is 4.93. The molecular weight excluding hydrogens is 280 g/mol. The maximum Gasteiger partial charge on any atom is 0.273 e. The van der Waals surface area contributed by atoms with Gasteiger partial charge in [0.1, 0.15) is 5.69 Å². The number of aryl methyl sites for hydroxylation is 3. The molecule has 0 unspecified atom stereocenters. The van der Waals surface area contributed by atoms with Crippen LogP contribution in [0.1, 0.15) is 35.1 Å². The lowest BCUT2D eigenvalue weighted by Gasteiger charge is -2.07. The van der Waals surface area contributed by atoms with Crippen molar-refractivity contribution in [1.29, 1.82) is 0 Å². The van der Waals surface area contributed by atoms with E-state index in [1.165, 1.54) is 0 Å². The van der Waals surface area contributed by atoms with Gasteiger partial charge in [0.15, 0.2) is 0 Å². The lowest BCUT2D eigenvalue weighted by Crippen LogP contribution is -2.17. The van der Waals surface area contributed by atoms with Gasteiger partial charge in [-0.25, -0.2) is 0 Å². The highest BCUT2D eigenvalue weighted by Gasteiger charge is 2.13. The number of carbonyl (C=O) groups excluding carboxylic acids is 2. The Morgan fingerprint density at radius 1 is 1.27 bits per heavy atom. The fourth-order valence-electron chi connectivity index (χ4n) is 2.19. The number of aromatic nitrogens is 2. The third-order valence-corrected chi connectivity index (χ3v) is 3.31. The van der Waals surface area contributed by atoms with Crippen molar-refractivity contribution >= 4 is 17.5 Å². The Bertz CT molecular complexity index is 674. The molecule has 0 radical (unpaired) electrons. The third kappa shape index (κ3) is 3.94. The predicted octanol–water partition coefficient (Wildman–Crippen LogP) is 1.88. The van der Waals surface area contributed by atoms with Gasteiger partial charge in [-0.1, -0.05) is 12.1 Å². The van der Waals surface area contributed by atoms with Gasteiger partial charge >= 0.3 is 0 Å². The van der Waals surface area contributed by atoms with Crippen LogP contribution in [0.2, 0.25) is 0 Å². The molecule has 0 aliphatic rings. The number of hydrogen-bond acceptors (Lipinski definition) is 3. The number of rotatable bonds is 6. The van der Waals surface area contributed by atoms with Gasteiger partial charge < -0.3 is 11.1 Å². The van der Waals surface area contributed by atoms with Crippen molar-refractivity contribution in [2.24, 2.45) is 5.73 Å². The van der Waals surface area contributed by atoms with E-state index in [9.17, 15) is 9.59 Å². The largest absolute Gasteiger partial charge is 0.370 e. The zero-order chi connectivity index (χ0) is 16.1. The summed E-state index contributed by atoms with van der Waals surface area (Å²) in [5.41, 5.74) is 8.19. The topological polar surface area (TPSA) is 90.0 Å². The molecule has 0 aliphatic carbocycles. The van der Waals surface area contributed by atoms with Crippen molar-refractivity contribution in [2.75, 3.05) is 5.32 Å². The van der Waals surface area contributed by atoms with Gasteiger partial charge in [-0.2, -0.15) is 5.10 Å². The minimum atomic E-state index is -0.319. The molecule has 6 heteroatoms. The molecule has 0 saturated heterocycles. The summed E-state index contributed by atoms with van der Waals surface area (Å²) in [5.74, 6) is -0.507. The van der Waals surface area contributed by atoms with Gasteiger partial charge in [0.25, 0.3) is 5.91 Å². The molecule has 1 heterocycles. The Hall–Kier alpha value is -2.63. The second-order valence-corrected chi connectivity index (χ2v) is 5.10. The fourth-order valence-corrected chi connectivity index (χ4v) is 2.19. The average Bonchev–Trinajstić information content (AvgIpc) is 2.87. The summed E-state index contributed by atoms with van der Waals surface area (Å²) in [6.45, 7) is 4.44. The number of anilines is 1. The van der Waals surface area contributed by atoms with E-state index in [1.807, 2.05) is 38.1 Å². The van der Waals surface area contributed by atoms with Gasteiger partial charge in [-0.3, -0.25) is 14.3 Å². The van der Waals surface area contributed by atoms with Crippen molar-refractivity contribution in [1.82, 2.24) is 9.78 Å². The lowest BCUT2D eigenvalue weighted by atomic mass is 10.1. The van der Waals surface area contributed by atoms with Crippen LogP contribution in [0, 0.1) is 6.92 Å². The van der Waals surface area contributed by atoms with E-state index in [0.717, 1.165) is 11.3 Å². The molecule has 0 aliphatic heterocycles. The molecule has 2 amide bonds. The zero-order valence-corrected chi connectivity index (χ0v) is 12.8. The van der Waals surface area contributed by atoms with Crippen LogP contribution in [-0.4, -0.2) is 21.6 Å². The Labute approximate surface area is 129 Å². The van der Waals surface area contributed by atoms with Crippen LogP contribution in [-0.2, 0) is 17.8 Å². The molecule has 0 spiro atoms. The predicted molar refractivity (Wildman–Crippen MR) is 84.5 cm³/mol. The molecule has 0 fully saturated rings. The molecule has 3 N–H and O–H groups in total. The molecule has 0 atom stereocenters. The number of benzene rings is 1. The molecule has 0 bridgehead atoms. The summed E-state index contributed by atoms with van der Waals surface area (Å²) in [4.78, 5) is 23.0. The van der Waals surface area contributed by atoms with Crippen molar-refractivity contribution in [2.45, 2.75) is 33.2 Å². The second kappa shape index (κ2) is 6.89. The molecule has 22 heavy (non-hydrogen) atoms. The number of hydrogen-bond donors (Lipinski definition) is 2. The van der Waals surface area contributed by atoms with Gasteiger partial charge in [0, 0.05) is 18.7 Å². The first-order valence-corrected chi connectivity index (χ1v) is 7.22. The number of carbonyl (C=O) groups is 2.